The molecule has 1 aliphatic rings. The van der Waals surface area contributed by atoms with Crippen LogP contribution in [0.25, 0.3) is 0 Å². The van der Waals surface area contributed by atoms with E-state index >= 15 is 0 Å². The third kappa shape index (κ3) is 2.91. The summed E-state index contributed by atoms with van der Waals surface area (Å²) in [6.45, 7) is 0.631. The van der Waals surface area contributed by atoms with Crippen LogP contribution in [0.4, 0.5) is 10.1 Å². The van der Waals surface area contributed by atoms with Crippen LogP contribution in [-0.4, -0.2) is 11.9 Å². The van der Waals surface area contributed by atoms with E-state index in [-0.39, 0.29) is 22.7 Å². The molecule has 5 heteroatoms. The van der Waals surface area contributed by atoms with Gasteiger partial charge in [-0.25, -0.2) is 4.39 Å². The monoisotopic (exact) mass is 304 g/mol. The highest BCUT2D eigenvalue weighted by atomic mass is 35.5. The van der Waals surface area contributed by atoms with E-state index in [4.69, 9.17) is 11.6 Å². The summed E-state index contributed by atoms with van der Waals surface area (Å²) in [6, 6.07) is 12.1. The SMILES string of the molecule is O=C(Nc1cccc(Cl)c1F)[C@@H]1Cc2ccccc2CN1. The molecule has 0 aromatic heterocycles. The van der Waals surface area contributed by atoms with E-state index in [0.29, 0.717) is 13.0 Å². The number of anilines is 1. The van der Waals surface area contributed by atoms with Crippen molar-refractivity contribution in [1.82, 2.24) is 5.32 Å². The van der Waals surface area contributed by atoms with Crippen molar-refractivity contribution in [3.05, 3.63) is 64.4 Å². The molecule has 108 valence electrons. The van der Waals surface area contributed by atoms with Crippen molar-refractivity contribution in [2.24, 2.45) is 0 Å². The Labute approximate surface area is 127 Å². The van der Waals surface area contributed by atoms with Crippen LogP contribution in [0.15, 0.2) is 42.5 Å². The fourth-order valence-corrected chi connectivity index (χ4v) is 2.63. The summed E-state index contributed by atoms with van der Waals surface area (Å²) in [7, 11) is 0. The Bertz CT molecular complexity index is 690. The lowest BCUT2D eigenvalue weighted by Crippen LogP contribution is -2.44. The number of carbonyl (C=O) groups is 1. The first kappa shape index (κ1) is 14.0. The molecule has 0 bridgehead atoms. The molecule has 0 radical (unpaired) electrons. The first-order valence-electron chi connectivity index (χ1n) is 6.70. The molecule has 1 aliphatic heterocycles. The molecule has 21 heavy (non-hydrogen) atoms. The molecular weight excluding hydrogens is 291 g/mol. The quantitative estimate of drug-likeness (QED) is 0.895. The Hall–Kier alpha value is -1.91. The Morgan fingerprint density at radius 1 is 1.19 bits per heavy atom. The molecule has 0 saturated heterocycles. The van der Waals surface area contributed by atoms with Gasteiger partial charge in [0.15, 0.2) is 5.82 Å². The highest BCUT2D eigenvalue weighted by Crippen LogP contribution is 2.23. The zero-order valence-corrected chi connectivity index (χ0v) is 12.0. The molecular formula is C16H14ClFN2O. The van der Waals surface area contributed by atoms with Gasteiger partial charge in [-0.3, -0.25) is 4.79 Å². The van der Waals surface area contributed by atoms with Crippen LogP contribution in [0.2, 0.25) is 5.02 Å². The third-order valence-electron chi connectivity index (χ3n) is 3.61. The van der Waals surface area contributed by atoms with Gasteiger partial charge in [-0.15, -0.1) is 0 Å². The maximum absolute atomic E-state index is 13.8. The van der Waals surface area contributed by atoms with Gasteiger partial charge < -0.3 is 10.6 Å². The van der Waals surface area contributed by atoms with E-state index in [1.165, 1.54) is 17.7 Å². The van der Waals surface area contributed by atoms with Crippen LogP contribution in [0.5, 0.6) is 0 Å². The van der Waals surface area contributed by atoms with Gasteiger partial charge in [0.2, 0.25) is 5.91 Å². The number of nitrogens with one attached hydrogen (secondary N) is 2. The van der Waals surface area contributed by atoms with Crippen molar-refractivity contribution in [1.29, 1.82) is 0 Å². The van der Waals surface area contributed by atoms with Gasteiger partial charge in [-0.1, -0.05) is 41.9 Å². The average Bonchev–Trinajstić information content (AvgIpc) is 2.51. The number of hydrogen-bond donors (Lipinski definition) is 2. The molecule has 1 amide bonds. The number of halogens is 2. The summed E-state index contributed by atoms with van der Waals surface area (Å²) in [5, 5.41) is 5.75. The Morgan fingerprint density at radius 2 is 1.95 bits per heavy atom. The molecule has 0 unspecified atom stereocenters. The number of hydrogen-bond acceptors (Lipinski definition) is 2. The molecule has 1 heterocycles. The van der Waals surface area contributed by atoms with Gasteiger partial charge in [-0.05, 0) is 29.7 Å². The molecule has 2 aromatic rings. The fraction of sp³-hybridized carbons (Fsp3) is 0.188. The van der Waals surface area contributed by atoms with Gasteiger partial charge in [0.1, 0.15) is 0 Å². The number of carbonyl (C=O) groups excluding carboxylic acids is 1. The third-order valence-corrected chi connectivity index (χ3v) is 3.90. The van der Waals surface area contributed by atoms with Crippen molar-refractivity contribution in [2.75, 3.05) is 5.32 Å². The van der Waals surface area contributed by atoms with E-state index in [1.807, 2.05) is 24.3 Å². The minimum atomic E-state index is -0.608. The Morgan fingerprint density at radius 3 is 2.76 bits per heavy atom. The van der Waals surface area contributed by atoms with Crippen molar-refractivity contribution < 1.29 is 9.18 Å². The minimum Gasteiger partial charge on any atom is -0.322 e. The van der Waals surface area contributed by atoms with Crippen LogP contribution < -0.4 is 10.6 Å². The first-order chi connectivity index (χ1) is 10.1. The van der Waals surface area contributed by atoms with Gasteiger partial charge in [0.25, 0.3) is 0 Å². The summed E-state index contributed by atoms with van der Waals surface area (Å²) in [6.07, 6.45) is 0.587. The average molecular weight is 305 g/mol. The lowest BCUT2D eigenvalue weighted by molar-refractivity contribution is -0.118. The van der Waals surface area contributed by atoms with Gasteiger partial charge in [0.05, 0.1) is 16.8 Å². The summed E-state index contributed by atoms with van der Waals surface area (Å²) in [5.74, 6) is -0.866. The first-order valence-corrected chi connectivity index (χ1v) is 7.08. The second-order valence-corrected chi connectivity index (χ2v) is 5.40. The molecule has 3 nitrogen and oxygen atoms in total. The van der Waals surface area contributed by atoms with Crippen LogP contribution in [-0.2, 0) is 17.8 Å². The van der Waals surface area contributed by atoms with E-state index in [9.17, 15) is 9.18 Å². The largest absolute Gasteiger partial charge is 0.322 e. The maximum atomic E-state index is 13.8. The van der Waals surface area contributed by atoms with Crippen molar-refractivity contribution >= 4 is 23.2 Å². The second kappa shape index (κ2) is 5.84. The van der Waals surface area contributed by atoms with Crippen LogP contribution in [0, 0.1) is 5.82 Å². The highest BCUT2D eigenvalue weighted by Gasteiger charge is 2.24. The van der Waals surface area contributed by atoms with E-state index < -0.39 is 5.82 Å². The van der Waals surface area contributed by atoms with E-state index in [1.54, 1.807) is 6.07 Å². The van der Waals surface area contributed by atoms with Crippen LogP contribution in [0.1, 0.15) is 11.1 Å². The number of fused-ring (bicyclic) bond motifs is 1. The number of benzene rings is 2. The van der Waals surface area contributed by atoms with Crippen molar-refractivity contribution in [3.63, 3.8) is 0 Å². The molecule has 2 aromatic carbocycles. The molecule has 0 aliphatic carbocycles. The molecule has 3 rings (SSSR count). The van der Waals surface area contributed by atoms with Crippen molar-refractivity contribution in [2.45, 2.75) is 19.0 Å². The number of rotatable bonds is 2. The Kier molecular flexibility index (Phi) is 3.90. The normalized spacial score (nSPS) is 17.1. The summed E-state index contributed by atoms with van der Waals surface area (Å²) >= 11 is 5.71. The minimum absolute atomic E-state index is 0.00486. The molecule has 0 spiro atoms. The van der Waals surface area contributed by atoms with Crippen molar-refractivity contribution in [3.8, 4) is 0 Å². The van der Waals surface area contributed by atoms with Crippen LogP contribution >= 0.6 is 11.6 Å². The Balaban J connectivity index is 1.74. The topological polar surface area (TPSA) is 41.1 Å². The van der Waals surface area contributed by atoms with E-state index in [2.05, 4.69) is 10.6 Å². The zero-order valence-electron chi connectivity index (χ0n) is 11.2. The second-order valence-electron chi connectivity index (χ2n) is 5.00. The summed E-state index contributed by atoms with van der Waals surface area (Å²) < 4.78 is 13.8. The summed E-state index contributed by atoms with van der Waals surface area (Å²) in [4.78, 5) is 12.3. The fourth-order valence-electron chi connectivity index (χ4n) is 2.46. The van der Waals surface area contributed by atoms with Gasteiger partial charge in [0, 0.05) is 6.54 Å². The lowest BCUT2D eigenvalue weighted by Gasteiger charge is -2.25. The van der Waals surface area contributed by atoms with Gasteiger partial charge >= 0.3 is 0 Å². The highest BCUT2D eigenvalue weighted by molar-refractivity contribution is 6.31. The molecule has 2 N–H and O–H groups in total. The predicted octanol–water partition coefficient (Wildman–Crippen LogP) is 3.13. The number of amides is 1. The van der Waals surface area contributed by atoms with Gasteiger partial charge in [-0.2, -0.15) is 0 Å². The molecule has 0 fully saturated rings. The standard InChI is InChI=1S/C16H14ClFN2O/c17-12-6-3-7-13(15(12)18)20-16(21)14-8-10-4-1-2-5-11(10)9-19-14/h1-7,14,19H,8-9H2,(H,20,21)/t14-/m0/s1. The zero-order chi connectivity index (χ0) is 14.8. The maximum Gasteiger partial charge on any atom is 0.241 e. The molecule has 0 saturated carbocycles. The lowest BCUT2D eigenvalue weighted by atomic mass is 9.95. The van der Waals surface area contributed by atoms with E-state index in [0.717, 1.165) is 5.56 Å². The summed E-state index contributed by atoms with van der Waals surface area (Å²) in [5.41, 5.74) is 2.44. The van der Waals surface area contributed by atoms with Crippen LogP contribution in [0.3, 0.4) is 0 Å². The molecule has 1 atom stereocenters. The predicted molar refractivity (Wildman–Crippen MR) is 80.8 cm³/mol. The smallest absolute Gasteiger partial charge is 0.241 e.